The average Bonchev–Trinajstić information content (AvgIpc) is 2.29. The number of nitrogens with zero attached hydrogens (tertiary/aromatic N) is 1. The first-order valence-corrected chi connectivity index (χ1v) is 6.12. The maximum atomic E-state index is 11.7. The van der Waals surface area contributed by atoms with Gasteiger partial charge in [-0.1, -0.05) is 32.0 Å². The Morgan fingerprint density at radius 1 is 1.29 bits per heavy atom. The summed E-state index contributed by atoms with van der Waals surface area (Å²) < 4.78 is 0. The van der Waals surface area contributed by atoms with Gasteiger partial charge >= 0.3 is 0 Å². The van der Waals surface area contributed by atoms with Crippen molar-refractivity contribution < 1.29 is 4.79 Å². The molecule has 1 aromatic carbocycles. The fourth-order valence-electron chi connectivity index (χ4n) is 1.55. The van der Waals surface area contributed by atoms with Crippen LogP contribution in [0.2, 0.25) is 0 Å². The molecule has 0 heterocycles. The van der Waals surface area contributed by atoms with Crippen LogP contribution in [0.1, 0.15) is 20.3 Å². The number of hydrogen-bond donors (Lipinski definition) is 1. The molecule has 1 aromatic rings. The molecule has 1 N–H and O–H groups in total. The summed E-state index contributed by atoms with van der Waals surface area (Å²) >= 11 is 0. The Morgan fingerprint density at radius 2 is 1.94 bits per heavy atom. The van der Waals surface area contributed by atoms with Crippen LogP contribution < -0.4 is 10.2 Å². The summed E-state index contributed by atoms with van der Waals surface area (Å²) in [6.45, 7) is 5.48. The number of carbonyl (C=O) groups is 1. The molecule has 0 atom stereocenters. The van der Waals surface area contributed by atoms with Gasteiger partial charge in [-0.25, -0.2) is 0 Å². The zero-order valence-corrected chi connectivity index (χ0v) is 10.9. The molecule has 0 fully saturated rings. The highest BCUT2D eigenvalue weighted by molar-refractivity contribution is 5.81. The molecule has 17 heavy (non-hydrogen) atoms. The van der Waals surface area contributed by atoms with Gasteiger partial charge in [0, 0.05) is 19.3 Å². The molecule has 0 aliphatic rings. The molecule has 1 amide bonds. The second-order valence-corrected chi connectivity index (χ2v) is 4.72. The summed E-state index contributed by atoms with van der Waals surface area (Å²) in [7, 11) is 1.93. The van der Waals surface area contributed by atoms with Crippen molar-refractivity contribution in [1.82, 2.24) is 5.32 Å². The van der Waals surface area contributed by atoms with E-state index in [9.17, 15) is 4.79 Å². The highest BCUT2D eigenvalue weighted by Gasteiger charge is 2.06. The van der Waals surface area contributed by atoms with E-state index in [1.54, 1.807) is 0 Å². The van der Waals surface area contributed by atoms with Gasteiger partial charge in [0.15, 0.2) is 0 Å². The van der Waals surface area contributed by atoms with Gasteiger partial charge in [-0.2, -0.15) is 0 Å². The van der Waals surface area contributed by atoms with Crippen molar-refractivity contribution in [3.63, 3.8) is 0 Å². The molecule has 0 unspecified atom stereocenters. The SMILES string of the molecule is CC(C)CCNC(=O)CN(C)c1ccccc1. The van der Waals surface area contributed by atoms with E-state index < -0.39 is 0 Å². The van der Waals surface area contributed by atoms with Crippen LogP contribution in [0.15, 0.2) is 30.3 Å². The van der Waals surface area contributed by atoms with Crippen LogP contribution in [0.3, 0.4) is 0 Å². The quantitative estimate of drug-likeness (QED) is 0.819. The van der Waals surface area contributed by atoms with E-state index in [4.69, 9.17) is 0 Å². The van der Waals surface area contributed by atoms with Crippen LogP contribution in [0.5, 0.6) is 0 Å². The second-order valence-electron chi connectivity index (χ2n) is 4.72. The Hall–Kier alpha value is -1.51. The summed E-state index contributed by atoms with van der Waals surface area (Å²) in [5.74, 6) is 0.708. The van der Waals surface area contributed by atoms with Crippen LogP contribution in [0.4, 0.5) is 5.69 Å². The lowest BCUT2D eigenvalue weighted by atomic mass is 10.1. The maximum absolute atomic E-state index is 11.7. The molecule has 3 heteroatoms. The van der Waals surface area contributed by atoms with Gasteiger partial charge in [-0.05, 0) is 24.5 Å². The predicted molar refractivity (Wildman–Crippen MR) is 72.2 cm³/mol. The molecule has 0 spiro atoms. The molecular formula is C14H22N2O. The number of benzene rings is 1. The Labute approximate surface area is 104 Å². The number of anilines is 1. The topological polar surface area (TPSA) is 32.3 Å². The highest BCUT2D eigenvalue weighted by atomic mass is 16.2. The Kier molecular flexibility index (Phi) is 5.53. The number of rotatable bonds is 6. The van der Waals surface area contributed by atoms with Crippen LogP contribution in [0.25, 0.3) is 0 Å². The first kappa shape index (κ1) is 13.6. The van der Waals surface area contributed by atoms with Crippen molar-refractivity contribution in [3.8, 4) is 0 Å². The Bertz CT molecular complexity index is 335. The van der Waals surface area contributed by atoms with E-state index in [0.717, 1.165) is 18.7 Å². The smallest absolute Gasteiger partial charge is 0.239 e. The predicted octanol–water partition coefficient (Wildman–Crippen LogP) is 2.29. The van der Waals surface area contributed by atoms with E-state index in [0.29, 0.717) is 12.5 Å². The third-order valence-electron chi connectivity index (χ3n) is 2.62. The molecule has 3 nitrogen and oxygen atoms in total. The van der Waals surface area contributed by atoms with Gasteiger partial charge in [0.05, 0.1) is 6.54 Å². The van der Waals surface area contributed by atoms with Gasteiger partial charge in [-0.15, -0.1) is 0 Å². The number of amides is 1. The van der Waals surface area contributed by atoms with Gasteiger partial charge in [-0.3, -0.25) is 4.79 Å². The molecule has 0 saturated carbocycles. The van der Waals surface area contributed by atoms with Crippen molar-refractivity contribution in [2.75, 3.05) is 25.0 Å². The first-order chi connectivity index (χ1) is 8.09. The first-order valence-electron chi connectivity index (χ1n) is 6.12. The number of likely N-dealkylation sites (N-methyl/N-ethyl adjacent to an activating group) is 1. The molecule has 0 bridgehead atoms. The minimum Gasteiger partial charge on any atom is -0.365 e. The number of nitrogens with one attached hydrogen (secondary N) is 1. The lowest BCUT2D eigenvalue weighted by Crippen LogP contribution is -2.35. The standard InChI is InChI=1S/C14H22N2O/c1-12(2)9-10-15-14(17)11-16(3)13-7-5-4-6-8-13/h4-8,12H,9-11H2,1-3H3,(H,15,17). The monoisotopic (exact) mass is 234 g/mol. The van der Waals surface area contributed by atoms with Crippen molar-refractivity contribution in [2.45, 2.75) is 20.3 Å². The van der Waals surface area contributed by atoms with E-state index in [2.05, 4.69) is 19.2 Å². The van der Waals surface area contributed by atoms with Gasteiger partial charge in [0.1, 0.15) is 0 Å². The van der Waals surface area contributed by atoms with Crippen LogP contribution in [-0.2, 0) is 4.79 Å². The fourth-order valence-corrected chi connectivity index (χ4v) is 1.55. The molecule has 0 radical (unpaired) electrons. The van der Waals surface area contributed by atoms with Crippen molar-refractivity contribution in [3.05, 3.63) is 30.3 Å². The van der Waals surface area contributed by atoms with Crippen LogP contribution in [-0.4, -0.2) is 26.0 Å². The Morgan fingerprint density at radius 3 is 2.53 bits per heavy atom. The third-order valence-corrected chi connectivity index (χ3v) is 2.62. The number of para-hydroxylation sites is 1. The van der Waals surface area contributed by atoms with Gasteiger partial charge < -0.3 is 10.2 Å². The van der Waals surface area contributed by atoms with E-state index in [1.807, 2.05) is 42.3 Å². The largest absolute Gasteiger partial charge is 0.365 e. The van der Waals surface area contributed by atoms with Crippen molar-refractivity contribution in [1.29, 1.82) is 0 Å². The van der Waals surface area contributed by atoms with E-state index in [1.165, 1.54) is 0 Å². The molecular weight excluding hydrogens is 212 g/mol. The summed E-state index contributed by atoms with van der Waals surface area (Å²) in [5, 5.41) is 2.93. The van der Waals surface area contributed by atoms with Crippen LogP contribution >= 0.6 is 0 Å². The minimum atomic E-state index is 0.0806. The van der Waals surface area contributed by atoms with E-state index >= 15 is 0 Å². The summed E-state index contributed by atoms with van der Waals surface area (Å²) in [6.07, 6.45) is 1.03. The maximum Gasteiger partial charge on any atom is 0.239 e. The molecule has 0 aromatic heterocycles. The zero-order valence-electron chi connectivity index (χ0n) is 10.9. The van der Waals surface area contributed by atoms with E-state index in [-0.39, 0.29) is 5.91 Å². The Balaban J connectivity index is 2.31. The zero-order chi connectivity index (χ0) is 12.7. The van der Waals surface area contributed by atoms with Crippen LogP contribution in [0, 0.1) is 5.92 Å². The molecule has 94 valence electrons. The van der Waals surface area contributed by atoms with Gasteiger partial charge in [0.25, 0.3) is 0 Å². The lowest BCUT2D eigenvalue weighted by Gasteiger charge is -2.18. The molecule has 1 rings (SSSR count). The highest BCUT2D eigenvalue weighted by Crippen LogP contribution is 2.09. The van der Waals surface area contributed by atoms with Gasteiger partial charge in [0.2, 0.25) is 5.91 Å². The molecule has 0 saturated heterocycles. The van der Waals surface area contributed by atoms with Crippen molar-refractivity contribution in [2.24, 2.45) is 5.92 Å². The lowest BCUT2D eigenvalue weighted by molar-refractivity contribution is -0.119. The minimum absolute atomic E-state index is 0.0806. The summed E-state index contributed by atoms with van der Waals surface area (Å²) in [4.78, 5) is 13.6. The molecule has 0 aliphatic heterocycles. The number of carbonyl (C=O) groups excluding carboxylic acids is 1. The average molecular weight is 234 g/mol. The fraction of sp³-hybridized carbons (Fsp3) is 0.500. The second kappa shape index (κ2) is 6.94. The summed E-state index contributed by atoms with van der Waals surface area (Å²) in [6, 6.07) is 9.92. The third kappa shape index (κ3) is 5.38. The normalized spacial score (nSPS) is 10.4. The summed E-state index contributed by atoms with van der Waals surface area (Å²) in [5.41, 5.74) is 1.06. The van der Waals surface area contributed by atoms with Crippen molar-refractivity contribution >= 4 is 11.6 Å². The number of hydrogen-bond acceptors (Lipinski definition) is 2. The molecule has 0 aliphatic carbocycles.